The summed E-state index contributed by atoms with van der Waals surface area (Å²) in [6.07, 6.45) is 3.55. The first-order valence-corrected chi connectivity index (χ1v) is 9.67. The predicted octanol–water partition coefficient (Wildman–Crippen LogP) is 0.756. The molecule has 2 aromatic heterocycles. The second-order valence-electron chi connectivity index (χ2n) is 7.82. The molecule has 9 nitrogen and oxygen atoms in total. The molecule has 9 heteroatoms. The fourth-order valence-corrected chi connectivity index (χ4v) is 3.49. The molecule has 2 N–H and O–H groups in total. The van der Waals surface area contributed by atoms with Gasteiger partial charge in [0, 0.05) is 38.4 Å². The number of hydrogen-bond acceptors (Lipinski definition) is 8. The molecule has 0 aliphatic carbocycles. The monoisotopic (exact) mass is 399 g/mol. The molecule has 156 valence electrons. The average Bonchev–Trinajstić information content (AvgIpc) is 3.03. The van der Waals surface area contributed by atoms with Crippen molar-refractivity contribution < 1.29 is 9.90 Å². The largest absolute Gasteiger partial charge is 0.391 e. The highest BCUT2D eigenvalue weighted by atomic mass is 16.3. The summed E-state index contributed by atoms with van der Waals surface area (Å²) >= 11 is 0. The third kappa shape index (κ3) is 5.61. The number of pyridine rings is 1. The summed E-state index contributed by atoms with van der Waals surface area (Å²) in [4.78, 5) is 31.2. The predicted molar refractivity (Wildman–Crippen MR) is 113 cm³/mol. The molecule has 1 aliphatic heterocycles. The van der Waals surface area contributed by atoms with Gasteiger partial charge in [0.1, 0.15) is 23.8 Å². The fraction of sp³-hybridized carbons (Fsp3) is 0.500. The number of aromatic nitrogens is 3. The second-order valence-corrected chi connectivity index (χ2v) is 7.82. The topological polar surface area (TPSA) is 97.7 Å². The number of carbonyl (C=O) groups is 1. The Morgan fingerprint density at radius 1 is 1.28 bits per heavy atom. The highest BCUT2D eigenvalue weighted by molar-refractivity contribution is 5.93. The smallest absolute Gasteiger partial charge is 0.245 e. The van der Waals surface area contributed by atoms with E-state index in [1.165, 1.54) is 6.33 Å². The van der Waals surface area contributed by atoms with E-state index in [4.69, 9.17) is 0 Å². The number of anilines is 3. The minimum Gasteiger partial charge on any atom is -0.391 e. The third-order valence-electron chi connectivity index (χ3n) is 4.85. The number of aliphatic hydroxyl groups is 1. The molecule has 0 spiro atoms. The molecule has 0 unspecified atom stereocenters. The van der Waals surface area contributed by atoms with Gasteiger partial charge in [-0.1, -0.05) is 6.07 Å². The van der Waals surface area contributed by atoms with Crippen LogP contribution in [0, 0.1) is 6.92 Å². The number of hydrogen-bond donors (Lipinski definition) is 2. The van der Waals surface area contributed by atoms with Gasteiger partial charge in [0.25, 0.3) is 0 Å². The number of rotatable bonds is 7. The Morgan fingerprint density at radius 3 is 2.76 bits per heavy atom. The molecule has 1 fully saturated rings. The Morgan fingerprint density at radius 2 is 2.07 bits per heavy atom. The minimum atomic E-state index is -0.371. The number of amides is 1. The van der Waals surface area contributed by atoms with E-state index in [1.54, 1.807) is 17.2 Å². The molecule has 0 aromatic carbocycles. The van der Waals surface area contributed by atoms with Gasteiger partial charge in [-0.05, 0) is 39.1 Å². The maximum Gasteiger partial charge on any atom is 0.245 e. The summed E-state index contributed by atoms with van der Waals surface area (Å²) in [5, 5.41) is 12.9. The van der Waals surface area contributed by atoms with Crippen LogP contribution in [-0.4, -0.2) is 83.8 Å². The Balaban J connectivity index is 1.66. The van der Waals surface area contributed by atoms with Crippen molar-refractivity contribution in [2.24, 2.45) is 0 Å². The number of β-amino-alcohol motifs (C(OH)–C–C–N with tert-alkyl or cyclic N) is 1. The second kappa shape index (κ2) is 9.15. The lowest BCUT2D eigenvalue weighted by atomic mass is 10.2. The van der Waals surface area contributed by atoms with Crippen molar-refractivity contribution >= 4 is 23.4 Å². The lowest BCUT2D eigenvalue weighted by molar-refractivity contribution is -0.114. The molecule has 2 atom stereocenters. The van der Waals surface area contributed by atoms with Crippen LogP contribution in [0.3, 0.4) is 0 Å². The zero-order valence-corrected chi connectivity index (χ0v) is 17.4. The molecule has 1 aliphatic rings. The van der Waals surface area contributed by atoms with Gasteiger partial charge in [-0.15, -0.1) is 0 Å². The molecule has 3 rings (SSSR count). The Kier molecular flexibility index (Phi) is 6.60. The van der Waals surface area contributed by atoms with E-state index in [0.717, 1.165) is 17.9 Å². The SMILES string of the molecule is Cc1ccc(NC(=O)CN(C)c2cc(N3C[C@H](O)C[C@@H]3CN(C)C)ncn2)nc1. The minimum absolute atomic E-state index is 0.135. The van der Waals surface area contributed by atoms with Crippen molar-refractivity contribution in [3.05, 3.63) is 36.3 Å². The molecule has 29 heavy (non-hydrogen) atoms. The number of aryl methyl sites for hydroxylation is 1. The fourth-order valence-electron chi connectivity index (χ4n) is 3.49. The van der Waals surface area contributed by atoms with Gasteiger partial charge in [-0.3, -0.25) is 4.79 Å². The Bertz CT molecular complexity index is 828. The van der Waals surface area contributed by atoms with Gasteiger partial charge < -0.3 is 25.1 Å². The zero-order chi connectivity index (χ0) is 21.0. The average molecular weight is 399 g/mol. The molecule has 3 heterocycles. The third-order valence-corrected chi connectivity index (χ3v) is 4.85. The molecular weight excluding hydrogens is 370 g/mol. The maximum absolute atomic E-state index is 12.4. The first-order chi connectivity index (χ1) is 13.8. The van der Waals surface area contributed by atoms with E-state index >= 15 is 0 Å². The molecule has 0 saturated carbocycles. The van der Waals surface area contributed by atoms with Gasteiger partial charge in [0.05, 0.1) is 12.6 Å². The van der Waals surface area contributed by atoms with Crippen molar-refractivity contribution in [1.29, 1.82) is 0 Å². The van der Waals surface area contributed by atoms with Crippen LogP contribution in [0.25, 0.3) is 0 Å². The number of nitrogens with one attached hydrogen (secondary N) is 1. The Hall–Kier alpha value is -2.78. The van der Waals surface area contributed by atoms with Gasteiger partial charge in [0.2, 0.25) is 5.91 Å². The van der Waals surface area contributed by atoms with Crippen LogP contribution in [0.15, 0.2) is 30.7 Å². The number of likely N-dealkylation sites (N-methyl/N-ethyl adjacent to an activating group) is 2. The highest BCUT2D eigenvalue weighted by Gasteiger charge is 2.32. The van der Waals surface area contributed by atoms with E-state index in [1.807, 2.05) is 40.2 Å². The molecule has 0 bridgehead atoms. The van der Waals surface area contributed by atoms with Gasteiger partial charge in [0.15, 0.2) is 0 Å². The lowest BCUT2D eigenvalue weighted by Crippen LogP contribution is -2.38. The van der Waals surface area contributed by atoms with Gasteiger partial charge in [-0.25, -0.2) is 15.0 Å². The van der Waals surface area contributed by atoms with E-state index in [9.17, 15) is 9.90 Å². The number of aliphatic hydroxyl groups excluding tert-OH is 1. The van der Waals surface area contributed by atoms with Crippen LogP contribution in [0.5, 0.6) is 0 Å². The molecule has 0 radical (unpaired) electrons. The van der Waals surface area contributed by atoms with Crippen molar-refractivity contribution in [3.8, 4) is 0 Å². The van der Waals surface area contributed by atoms with Crippen LogP contribution in [0.4, 0.5) is 17.5 Å². The number of carbonyl (C=O) groups excluding carboxylic acids is 1. The number of nitrogens with zero attached hydrogens (tertiary/aromatic N) is 6. The first kappa shape index (κ1) is 20.9. The Labute approximate surface area is 171 Å². The van der Waals surface area contributed by atoms with E-state index < -0.39 is 0 Å². The van der Waals surface area contributed by atoms with E-state index in [2.05, 4.69) is 30.1 Å². The van der Waals surface area contributed by atoms with Gasteiger partial charge >= 0.3 is 0 Å². The van der Waals surface area contributed by atoms with Crippen LogP contribution < -0.4 is 15.1 Å². The first-order valence-electron chi connectivity index (χ1n) is 9.67. The summed E-state index contributed by atoms with van der Waals surface area (Å²) in [5.41, 5.74) is 1.04. The standard InChI is InChI=1S/C20H29N7O2/c1-14-5-6-17(21-9-14)24-20(29)12-26(4)18-8-19(23-13-22-18)27-11-16(28)7-15(27)10-25(2)3/h5-6,8-9,13,15-16,28H,7,10-12H2,1-4H3,(H,21,24,29)/t15-,16-/m1/s1. The summed E-state index contributed by atoms with van der Waals surface area (Å²) < 4.78 is 0. The van der Waals surface area contributed by atoms with Crippen LogP contribution in [0.1, 0.15) is 12.0 Å². The molecule has 2 aromatic rings. The lowest BCUT2D eigenvalue weighted by Gasteiger charge is -2.28. The quantitative estimate of drug-likeness (QED) is 0.704. The summed E-state index contributed by atoms with van der Waals surface area (Å²) in [5.74, 6) is 1.75. The molecule has 1 saturated heterocycles. The highest BCUT2D eigenvalue weighted by Crippen LogP contribution is 2.26. The van der Waals surface area contributed by atoms with Crippen LogP contribution in [-0.2, 0) is 4.79 Å². The van der Waals surface area contributed by atoms with Crippen LogP contribution in [0.2, 0.25) is 0 Å². The van der Waals surface area contributed by atoms with Gasteiger partial charge in [-0.2, -0.15) is 0 Å². The zero-order valence-electron chi connectivity index (χ0n) is 17.4. The van der Waals surface area contributed by atoms with E-state index in [0.29, 0.717) is 24.6 Å². The van der Waals surface area contributed by atoms with Crippen molar-refractivity contribution in [2.75, 3.05) is 55.9 Å². The summed E-state index contributed by atoms with van der Waals surface area (Å²) in [7, 11) is 5.84. The molecule has 1 amide bonds. The normalized spacial score (nSPS) is 18.9. The van der Waals surface area contributed by atoms with Crippen molar-refractivity contribution in [2.45, 2.75) is 25.5 Å². The maximum atomic E-state index is 12.4. The van der Waals surface area contributed by atoms with Crippen LogP contribution >= 0.6 is 0 Å². The van der Waals surface area contributed by atoms with Crippen molar-refractivity contribution in [3.63, 3.8) is 0 Å². The van der Waals surface area contributed by atoms with Crippen molar-refractivity contribution in [1.82, 2.24) is 19.9 Å². The summed E-state index contributed by atoms with van der Waals surface area (Å²) in [6, 6.07) is 5.72. The summed E-state index contributed by atoms with van der Waals surface area (Å²) in [6.45, 7) is 3.45. The molecular formula is C20H29N7O2. The van der Waals surface area contributed by atoms with E-state index in [-0.39, 0.29) is 24.6 Å².